The summed E-state index contributed by atoms with van der Waals surface area (Å²) in [6.07, 6.45) is 9.15. The summed E-state index contributed by atoms with van der Waals surface area (Å²) >= 11 is 6.72. The second-order valence-corrected chi connectivity index (χ2v) is 6.93. The van der Waals surface area contributed by atoms with Crippen LogP contribution < -0.4 is 0 Å². The van der Waals surface area contributed by atoms with Crippen LogP contribution in [0.2, 0.25) is 0 Å². The first-order valence-corrected chi connectivity index (χ1v) is 8.71. The molecule has 0 N–H and O–H groups in total. The van der Waals surface area contributed by atoms with Gasteiger partial charge in [0.2, 0.25) is 0 Å². The van der Waals surface area contributed by atoms with E-state index in [2.05, 4.69) is 30.0 Å². The molecule has 3 rings (SSSR count). The molecule has 2 unspecified atom stereocenters. The fourth-order valence-electron chi connectivity index (χ4n) is 3.86. The van der Waals surface area contributed by atoms with E-state index in [1.807, 2.05) is 0 Å². The van der Waals surface area contributed by atoms with E-state index >= 15 is 0 Å². The van der Waals surface area contributed by atoms with Crippen molar-refractivity contribution in [3.05, 3.63) is 34.9 Å². The van der Waals surface area contributed by atoms with E-state index in [-0.39, 0.29) is 5.38 Å². The molecule has 2 aliphatic rings. The molecule has 1 aromatic rings. The molecule has 0 radical (unpaired) electrons. The smallest absolute Gasteiger partial charge is 0.0712 e. The summed E-state index contributed by atoms with van der Waals surface area (Å²) in [5.74, 6) is 0. The molecule has 0 saturated carbocycles. The molecule has 1 aliphatic heterocycles. The van der Waals surface area contributed by atoms with Gasteiger partial charge in [-0.1, -0.05) is 31.5 Å². The summed E-state index contributed by atoms with van der Waals surface area (Å²) in [7, 11) is 0. The zero-order valence-corrected chi connectivity index (χ0v) is 13.3. The van der Waals surface area contributed by atoms with Crippen LogP contribution in [0.1, 0.15) is 61.1 Å². The van der Waals surface area contributed by atoms with E-state index in [0.717, 1.165) is 12.6 Å². The van der Waals surface area contributed by atoms with Crippen LogP contribution in [0.3, 0.4) is 0 Å². The number of aryl methyl sites for hydroxylation is 2. The highest BCUT2D eigenvalue weighted by Gasteiger charge is 2.24. The summed E-state index contributed by atoms with van der Waals surface area (Å²) in [4.78, 5) is 2.62. The summed E-state index contributed by atoms with van der Waals surface area (Å²) < 4.78 is 0. The Kier molecular flexibility index (Phi) is 4.68. The number of halogens is 1. The Bertz CT molecular complexity index is 457. The fraction of sp³-hybridized carbons (Fsp3) is 0.667. The number of piperidine rings is 1. The van der Waals surface area contributed by atoms with Crippen molar-refractivity contribution in [1.29, 1.82) is 0 Å². The van der Waals surface area contributed by atoms with E-state index < -0.39 is 0 Å². The molecule has 0 bridgehead atoms. The van der Waals surface area contributed by atoms with E-state index in [9.17, 15) is 0 Å². The predicted octanol–water partition coefficient (Wildman–Crippen LogP) is 4.72. The highest BCUT2D eigenvalue weighted by molar-refractivity contribution is 6.21. The van der Waals surface area contributed by atoms with Crippen molar-refractivity contribution >= 4 is 11.6 Å². The monoisotopic (exact) mass is 291 g/mol. The number of rotatable bonds is 4. The van der Waals surface area contributed by atoms with Gasteiger partial charge in [-0.05, 0) is 61.8 Å². The van der Waals surface area contributed by atoms with Gasteiger partial charge < -0.3 is 0 Å². The lowest BCUT2D eigenvalue weighted by atomic mass is 9.98. The first-order chi connectivity index (χ1) is 9.78. The molecular formula is C18H26ClN. The van der Waals surface area contributed by atoms with Crippen LogP contribution in [0.15, 0.2) is 18.2 Å². The van der Waals surface area contributed by atoms with Crippen LogP contribution in [0, 0.1) is 0 Å². The molecule has 2 atom stereocenters. The zero-order chi connectivity index (χ0) is 13.9. The fourth-order valence-corrected chi connectivity index (χ4v) is 4.17. The first-order valence-electron chi connectivity index (χ1n) is 8.27. The first kappa shape index (κ1) is 14.4. The van der Waals surface area contributed by atoms with Crippen molar-refractivity contribution in [1.82, 2.24) is 4.90 Å². The second-order valence-electron chi connectivity index (χ2n) is 6.40. The average Bonchev–Trinajstić information content (AvgIpc) is 2.95. The minimum Gasteiger partial charge on any atom is -0.299 e. The Balaban J connectivity index is 1.67. The van der Waals surface area contributed by atoms with Gasteiger partial charge in [0, 0.05) is 12.6 Å². The normalized spacial score (nSPS) is 24.6. The Morgan fingerprint density at radius 2 is 2.05 bits per heavy atom. The number of nitrogens with zero attached hydrogens (tertiary/aromatic N) is 1. The molecule has 1 saturated heterocycles. The van der Waals surface area contributed by atoms with Crippen molar-refractivity contribution in [3.63, 3.8) is 0 Å². The van der Waals surface area contributed by atoms with Crippen LogP contribution in [0.4, 0.5) is 0 Å². The third-order valence-electron chi connectivity index (χ3n) is 5.10. The number of fused-ring (bicyclic) bond motifs is 1. The molecule has 20 heavy (non-hydrogen) atoms. The van der Waals surface area contributed by atoms with Crippen LogP contribution in [-0.2, 0) is 12.8 Å². The Hall–Kier alpha value is -0.530. The van der Waals surface area contributed by atoms with Gasteiger partial charge in [0.1, 0.15) is 0 Å². The van der Waals surface area contributed by atoms with E-state index in [0.29, 0.717) is 0 Å². The van der Waals surface area contributed by atoms with Crippen molar-refractivity contribution in [3.8, 4) is 0 Å². The lowest BCUT2D eigenvalue weighted by molar-refractivity contribution is 0.144. The third kappa shape index (κ3) is 3.04. The van der Waals surface area contributed by atoms with Crippen molar-refractivity contribution in [2.75, 3.05) is 13.1 Å². The molecular weight excluding hydrogens is 266 g/mol. The molecule has 0 aromatic heterocycles. The summed E-state index contributed by atoms with van der Waals surface area (Å²) in [5, 5.41) is 0.146. The SMILES string of the molecule is CCC1CCCCN1CC(Cl)c1ccc2c(c1)CCC2. The van der Waals surface area contributed by atoms with Crippen LogP contribution in [0.5, 0.6) is 0 Å². The van der Waals surface area contributed by atoms with Crippen molar-refractivity contribution < 1.29 is 0 Å². The quantitative estimate of drug-likeness (QED) is 0.726. The maximum absolute atomic E-state index is 6.72. The number of hydrogen-bond acceptors (Lipinski definition) is 1. The molecule has 0 amide bonds. The average molecular weight is 292 g/mol. The summed E-state index contributed by atoms with van der Waals surface area (Å²) in [6, 6.07) is 7.68. The van der Waals surface area contributed by atoms with Crippen LogP contribution in [-0.4, -0.2) is 24.0 Å². The van der Waals surface area contributed by atoms with Gasteiger partial charge in [0.25, 0.3) is 0 Å². The van der Waals surface area contributed by atoms with Crippen molar-refractivity contribution in [2.24, 2.45) is 0 Å². The Morgan fingerprint density at radius 3 is 2.90 bits per heavy atom. The van der Waals surface area contributed by atoms with Gasteiger partial charge in [0.05, 0.1) is 5.38 Å². The second kappa shape index (κ2) is 6.49. The summed E-state index contributed by atoms with van der Waals surface area (Å²) in [6.45, 7) is 4.55. The number of hydrogen-bond donors (Lipinski definition) is 0. The largest absolute Gasteiger partial charge is 0.299 e. The van der Waals surface area contributed by atoms with E-state index in [1.165, 1.54) is 57.1 Å². The van der Waals surface area contributed by atoms with Gasteiger partial charge >= 0.3 is 0 Å². The molecule has 1 fully saturated rings. The standard InChI is InChI=1S/C18H26ClN/c1-2-17-8-3-4-11-20(17)13-18(19)16-10-9-14-6-5-7-15(14)12-16/h9-10,12,17-18H,2-8,11,13H2,1H3. The zero-order valence-electron chi connectivity index (χ0n) is 12.6. The van der Waals surface area contributed by atoms with Gasteiger partial charge in [-0.2, -0.15) is 0 Å². The number of likely N-dealkylation sites (tertiary alicyclic amines) is 1. The molecule has 1 aromatic carbocycles. The molecule has 110 valence electrons. The lowest BCUT2D eigenvalue weighted by Crippen LogP contribution is -2.40. The Morgan fingerprint density at radius 1 is 1.20 bits per heavy atom. The minimum absolute atomic E-state index is 0.146. The van der Waals surface area contributed by atoms with Gasteiger partial charge in [-0.3, -0.25) is 4.90 Å². The molecule has 0 spiro atoms. The minimum atomic E-state index is 0.146. The van der Waals surface area contributed by atoms with Crippen LogP contribution in [0.25, 0.3) is 0 Å². The van der Waals surface area contributed by atoms with Gasteiger partial charge in [-0.25, -0.2) is 0 Å². The maximum atomic E-state index is 6.72. The molecule has 1 aliphatic carbocycles. The highest BCUT2D eigenvalue weighted by atomic mass is 35.5. The summed E-state index contributed by atoms with van der Waals surface area (Å²) in [5.41, 5.74) is 4.41. The Labute approximate surface area is 128 Å². The number of benzene rings is 1. The van der Waals surface area contributed by atoms with E-state index in [1.54, 1.807) is 11.1 Å². The number of alkyl halides is 1. The molecule has 1 nitrogen and oxygen atoms in total. The maximum Gasteiger partial charge on any atom is 0.0712 e. The topological polar surface area (TPSA) is 3.24 Å². The van der Waals surface area contributed by atoms with Gasteiger partial charge in [0.15, 0.2) is 0 Å². The molecule has 1 heterocycles. The lowest BCUT2D eigenvalue weighted by Gasteiger charge is -2.36. The van der Waals surface area contributed by atoms with Crippen LogP contribution >= 0.6 is 11.6 Å². The third-order valence-corrected chi connectivity index (χ3v) is 5.49. The van der Waals surface area contributed by atoms with E-state index in [4.69, 9.17) is 11.6 Å². The van der Waals surface area contributed by atoms with Crippen molar-refractivity contribution in [2.45, 2.75) is 63.3 Å². The highest BCUT2D eigenvalue weighted by Crippen LogP contribution is 2.30. The van der Waals surface area contributed by atoms with Gasteiger partial charge in [-0.15, -0.1) is 11.6 Å². The predicted molar refractivity (Wildman–Crippen MR) is 86.6 cm³/mol. The molecule has 2 heteroatoms.